The molecule has 0 saturated heterocycles. The van der Waals surface area contributed by atoms with Crippen molar-refractivity contribution in [2.75, 3.05) is 0 Å². The Morgan fingerprint density at radius 3 is 1.13 bits per heavy atom. The third-order valence-corrected chi connectivity index (χ3v) is 1.64. The second-order valence-corrected chi connectivity index (χ2v) is 3.49. The summed E-state index contributed by atoms with van der Waals surface area (Å²) in [7, 11) is 0. The molecule has 0 saturated carbocycles. The van der Waals surface area contributed by atoms with Crippen molar-refractivity contribution in [3.8, 4) is 0 Å². The predicted octanol–water partition coefficient (Wildman–Crippen LogP) is -1.15. The maximum absolute atomic E-state index is 10.3. The fraction of sp³-hybridized carbons (Fsp3) is 0.556. The van der Waals surface area contributed by atoms with Crippen LogP contribution in [0.4, 0.5) is 0 Å². The highest BCUT2D eigenvalue weighted by atomic mass is 16.4. The molecule has 0 aliphatic heterocycles. The molecule has 142 valence electrons. The van der Waals surface area contributed by atoms with Crippen molar-refractivity contribution in [3.63, 3.8) is 0 Å². The van der Waals surface area contributed by atoms with Gasteiger partial charge in [0.2, 0.25) is 0 Å². The number of carbonyl (C=O) groups is 4. The summed E-state index contributed by atoms with van der Waals surface area (Å²) in [6.45, 7) is 1.20. The number of carboxylic acid groups (broad SMARTS) is 4. The van der Waals surface area contributed by atoms with E-state index in [9.17, 15) is 19.2 Å². The van der Waals surface area contributed by atoms with Gasteiger partial charge in [-0.1, -0.05) is 0 Å². The van der Waals surface area contributed by atoms with Gasteiger partial charge in [0.1, 0.15) is 6.10 Å². The molecule has 0 aromatic carbocycles. The van der Waals surface area contributed by atoms with E-state index in [2.05, 4.69) is 0 Å². The molecule has 18 N–H and O–H groups in total. The molecule has 0 fully saturated rings. The highest BCUT2D eigenvalue weighted by molar-refractivity contribution is 5.88. The van der Waals surface area contributed by atoms with Crippen molar-refractivity contribution in [1.82, 2.24) is 24.6 Å². The molecule has 0 aliphatic rings. The highest BCUT2D eigenvalue weighted by Crippen LogP contribution is 2.15. The molecule has 0 aromatic rings. The van der Waals surface area contributed by atoms with Gasteiger partial charge in [0.05, 0.1) is 12.8 Å². The lowest BCUT2D eigenvalue weighted by Gasteiger charge is -2.18. The molecule has 0 amide bonds. The largest absolute Gasteiger partial charge is 0.481 e. The number of hydrogen-bond acceptors (Lipinski definition) is 10. The molecule has 14 heteroatoms. The summed E-state index contributed by atoms with van der Waals surface area (Å²) in [6, 6.07) is 0. The Kier molecular flexibility index (Phi) is 25.9. The van der Waals surface area contributed by atoms with Gasteiger partial charge in [-0.15, -0.1) is 0 Å². The van der Waals surface area contributed by atoms with Crippen molar-refractivity contribution in [2.45, 2.75) is 31.5 Å². The van der Waals surface area contributed by atoms with E-state index >= 15 is 0 Å². The van der Waals surface area contributed by atoms with E-state index in [1.165, 1.54) is 6.92 Å². The average Bonchev–Trinajstić information content (AvgIpc) is 2.14. The number of hydrogen-bond donors (Lipinski definition) is 10. The van der Waals surface area contributed by atoms with Crippen LogP contribution >= 0.6 is 0 Å². The summed E-state index contributed by atoms with van der Waals surface area (Å²) in [5.41, 5.74) is -2.74. The lowest BCUT2D eigenvalue weighted by atomic mass is 9.96. The third kappa shape index (κ3) is 19.6. The number of aliphatic hydroxyl groups excluding tert-OH is 1. The molecule has 0 aliphatic carbocycles. The van der Waals surface area contributed by atoms with Crippen LogP contribution in [0.15, 0.2) is 0 Å². The summed E-state index contributed by atoms with van der Waals surface area (Å²) >= 11 is 0. The van der Waals surface area contributed by atoms with Gasteiger partial charge < -0.3 is 55.2 Å². The van der Waals surface area contributed by atoms with E-state index in [0.717, 1.165) is 0 Å². The summed E-state index contributed by atoms with van der Waals surface area (Å²) in [6.07, 6.45) is -3.52. The Balaban J connectivity index is -0.0000000635. The molecule has 0 aromatic heterocycles. The standard InChI is InChI=1S/C6H8O7.C3H6O3.4H3N/c7-3(8)1-6(13,5(11)12)2-4(9)10;1-2(4)3(5)6;;;;/h13H,1-2H2,(H,7,8)(H,9,10)(H,11,12);2,4H,1H3,(H,5,6);4*1H3. The normalized spacial score (nSPS) is 9.70. The van der Waals surface area contributed by atoms with Crippen molar-refractivity contribution < 1.29 is 49.8 Å². The molecule has 14 nitrogen and oxygen atoms in total. The van der Waals surface area contributed by atoms with Gasteiger partial charge in [0, 0.05) is 0 Å². The van der Waals surface area contributed by atoms with E-state index in [1.54, 1.807) is 0 Å². The molecule has 23 heavy (non-hydrogen) atoms. The first-order chi connectivity index (χ1) is 8.42. The van der Waals surface area contributed by atoms with E-state index < -0.39 is 48.4 Å². The molecule has 0 radical (unpaired) electrons. The highest BCUT2D eigenvalue weighted by Gasteiger charge is 2.40. The lowest BCUT2D eigenvalue weighted by molar-refractivity contribution is -0.170. The third-order valence-electron chi connectivity index (χ3n) is 1.64. The minimum Gasteiger partial charge on any atom is -0.481 e. The molecular formula is C9H26N4O10. The summed E-state index contributed by atoms with van der Waals surface area (Å²) < 4.78 is 0. The van der Waals surface area contributed by atoms with Gasteiger partial charge in [-0.3, -0.25) is 9.59 Å². The van der Waals surface area contributed by atoms with Crippen LogP contribution in [-0.2, 0) is 19.2 Å². The molecule has 0 spiro atoms. The van der Waals surface area contributed by atoms with Gasteiger partial charge in [-0.05, 0) is 6.92 Å². The smallest absolute Gasteiger partial charge is 0.336 e. The second kappa shape index (κ2) is 16.0. The Bertz CT molecular complexity index is 357. The maximum atomic E-state index is 10.3. The van der Waals surface area contributed by atoms with Gasteiger partial charge in [0.25, 0.3) is 0 Å². The van der Waals surface area contributed by atoms with Crippen molar-refractivity contribution in [2.24, 2.45) is 0 Å². The monoisotopic (exact) mass is 350 g/mol. The van der Waals surface area contributed by atoms with Gasteiger partial charge in [-0.2, -0.15) is 0 Å². The number of carboxylic acids is 4. The van der Waals surface area contributed by atoms with Crippen LogP contribution in [0.2, 0.25) is 0 Å². The maximum Gasteiger partial charge on any atom is 0.336 e. The predicted molar refractivity (Wildman–Crippen MR) is 76.5 cm³/mol. The fourth-order valence-electron chi connectivity index (χ4n) is 0.714. The zero-order chi connectivity index (χ0) is 15.8. The minimum atomic E-state index is -2.74. The van der Waals surface area contributed by atoms with Crippen molar-refractivity contribution >= 4 is 23.9 Å². The van der Waals surface area contributed by atoms with Crippen molar-refractivity contribution in [3.05, 3.63) is 0 Å². The van der Waals surface area contributed by atoms with Gasteiger partial charge in [-0.25, -0.2) is 9.59 Å². The second-order valence-electron chi connectivity index (χ2n) is 3.49. The lowest BCUT2D eigenvalue weighted by Crippen LogP contribution is -2.42. The molecule has 0 rings (SSSR count). The van der Waals surface area contributed by atoms with Crippen LogP contribution in [0.5, 0.6) is 0 Å². The topological polar surface area (TPSA) is 330 Å². The van der Waals surface area contributed by atoms with Gasteiger partial charge >= 0.3 is 23.9 Å². The summed E-state index contributed by atoms with van der Waals surface area (Å²) in [5, 5.41) is 49.6. The van der Waals surface area contributed by atoms with E-state index in [0.29, 0.717) is 0 Å². The fourth-order valence-corrected chi connectivity index (χ4v) is 0.714. The number of aliphatic carboxylic acids is 4. The Hall–Kier alpha value is -2.36. The Morgan fingerprint density at radius 2 is 1.04 bits per heavy atom. The van der Waals surface area contributed by atoms with Crippen LogP contribution in [0.1, 0.15) is 19.8 Å². The van der Waals surface area contributed by atoms with E-state index in [4.69, 9.17) is 30.6 Å². The molecule has 0 bridgehead atoms. The first-order valence-corrected chi connectivity index (χ1v) is 4.72. The van der Waals surface area contributed by atoms with Crippen LogP contribution in [0.25, 0.3) is 0 Å². The zero-order valence-corrected chi connectivity index (χ0v) is 12.6. The Morgan fingerprint density at radius 1 is 0.826 bits per heavy atom. The summed E-state index contributed by atoms with van der Waals surface area (Å²) in [4.78, 5) is 39.9. The first kappa shape index (κ1) is 37.1. The molecule has 1 unspecified atom stereocenters. The molecule has 1 atom stereocenters. The SMILES string of the molecule is CC(O)C(=O)O.N.N.N.N.O=C(O)CC(O)(CC(=O)O)C(=O)O. The van der Waals surface area contributed by atoms with Crippen LogP contribution in [0.3, 0.4) is 0 Å². The minimum absolute atomic E-state index is 0. The average molecular weight is 350 g/mol. The van der Waals surface area contributed by atoms with Crippen molar-refractivity contribution in [1.29, 1.82) is 0 Å². The Labute approximate surface area is 131 Å². The van der Waals surface area contributed by atoms with E-state index in [1.807, 2.05) is 0 Å². The number of aliphatic hydroxyl groups is 2. The summed E-state index contributed by atoms with van der Waals surface area (Å²) in [5.74, 6) is -6.20. The first-order valence-electron chi connectivity index (χ1n) is 4.72. The zero-order valence-electron chi connectivity index (χ0n) is 12.6. The quantitative estimate of drug-likeness (QED) is 0.270. The van der Waals surface area contributed by atoms with E-state index in [-0.39, 0.29) is 24.6 Å². The van der Waals surface area contributed by atoms with Crippen LogP contribution < -0.4 is 24.6 Å². The van der Waals surface area contributed by atoms with Crippen LogP contribution in [0, 0.1) is 0 Å². The van der Waals surface area contributed by atoms with Crippen LogP contribution in [-0.4, -0.2) is 66.2 Å². The molecule has 0 heterocycles. The van der Waals surface area contributed by atoms with Gasteiger partial charge in [0.15, 0.2) is 5.60 Å². The molecular weight excluding hydrogens is 324 g/mol. The number of rotatable bonds is 6.